The van der Waals surface area contributed by atoms with Gasteiger partial charge < -0.3 is 13.9 Å². The molecule has 7 nitrogen and oxygen atoms in total. The van der Waals surface area contributed by atoms with Crippen LogP contribution in [-0.2, 0) is 9.53 Å². The van der Waals surface area contributed by atoms with Gasteiger partial charge >= 0.3 is 5.97 Å². The first kappa shape index (κ1) is 22.7. The fourth-order valence-electron chi connectivity index (χ4n) is 3.19. The molecule has 0 radical (unpaired) electrons. The zero-order valence-electron chi connectivity index (χ0n) is 17.4. The van der Waals surface area contributed by atoms with Gasteiger partial charge in [0, 0.05) is 11.6 Å². The highest BCUT2D eigenvalue weighted by Gasteiger charge is 2.35. The van der Waals surface area contributed by atoms with Crippen molar-refractivity contribution in [2.24, 2.45) is 0 Å². The molecule has 4 rings (SSSR count). The average Bonchev–Trinajstić information content (AvgIpc) is 3.39. The minimum absolute atomic E-state index is 0.0864. The monoisotopic (exact) mass is 483 g/mol. The Kier molecular flexibility index (Phi) is 6.86. The molecule has 1 saturated heterocycles. The van der Waals surface area contributed by atoms with Crippen molar-refractivity contribution < 1.29 is 28.3 Å². The molecule has 0 spiro atoms. The van der Waals surface area contributed by atoms with Crippen molar-refractivity contribution in [1.82, 2.24) is 4.90 Å². The topological polar surface area (TPSA) is 86.0 Å². The fourth-order valence-corrected chi connectivity index (χ4v) is 4.23. The molecule has 1 aliphatic heterocycles. The van der Waals surface area contributed by atoms with Crippen LogP contribution in [0, 0.1) is 0 Å². The van der Waals surface area contributed by atoms with Crippen LogP contribution in [0.25, 0.3) is 17.4 Å². The number of methoxy groups -OCH3 is 1. The first-order valence-corrected chi connectivity index (χ1v) is 11.1. The summed E-state index contributed by atoms with van der Waals surface area (Å²) in [6.07, 6.45) is 1.50. The van der Waals surface area contributed by atoms with Crippen molar-refractivity contribution in [3.63, 3.8) is 0 Å². The summed E-state index contributed by atoms with van der Waals surface area (Å²) < 4.78 is 16.2. The summed E-state index contributed by atoms with van der Waals surface area (Å²) in [6, 6.07) is 17.2. The number of furan rings is 1. The Morgan fingerprint density at radius 3 is 2.64 bits per heavy atom. The van der Waals surface area contributed by atoms with Crippen LogP contribution in [0.1, 0.15) is 16.1 Å². The number of ether oxygens (including phenoxy) is 2. The molecule has 2 aromatic carbocycles. The lowest BCUT2D eigenvalue weighted by Gasteiger charge is -2.13. The van der Waals surface area contributed by atoms with Crippen LogP contribution in [0.3, 0.4) is 0 Å². The smallest absolute Gasteiger partial charge is 0.338 e. The minimum Gasteiger partial charge on any atom is -0.490 e. The van der Waals surface area contributed by atoms with Gasteiger partial charge in [-0.15, -0.1) is 0 Å². The van der Waals surface area contributed by atoms with E-state index in [4.69, 9.17) is 25.5 Å². The van der Waals surface area contributed by atoms with E-state index in [1.165, 1.54) is 13.2 Å². The molecule has 0 bridgehead atoms. The third kappa shape index (κ3) is 4.97. The molecule has 1 aliphatic rings. The number of hydrogen-bond donors (Lipinski definition) is 0. The van der Waals surface area contributed by atoms with E-state index in [9.17, 15) is 14.4 Å². The van der Waals surface area contributed by atoms with Crippen LogP contribution >= 0.6 is 23.4 Å². The minimum atomic E-state index is -0.483. The van der Waals surface area contributed by atoms with Crippen molar-refractivity contribution in [3.05, 3.63) is 81.9 Å². The summed E-state index contributed by atoms with van der Waals surface area (Å²) in [5, 5.41) is 0.0609. The standard InChI is InChI=1S/C24H18ClNO6S/c1-30-23(28)17-7-3-2-6-16(17)19-11-10-15(32-19)14-21-22(27)26(24(29)33-21)12-13-31-20-9-5-4-8-18(20)25/h2-11,14H,12-13H2,1H3/b21-14-. The van der Waals surface area contributed by atoms with Crippen LogP contribution in [-0.4, -0.2) is 42.3 Å². The molecule has 0 aliphatic carbocycles. The van der Waals surface area contributed by atoms with E-state index in [1.807, 2.05) is 0 Å². The number of benzene rings is 2. The van der Waals surface area contributed by atoms with Crippen LogP contribution in [0.4, 0.5) is 4.79 Å². The van der Waals surface area contributed by atoms with Gasteiger partial charge in [-0.25, -0.2) is 4.79 Å². The second kappa shape index (κ2) is 9.97. The average molecular weight is 484 g/mol. The van der Waals surface area contributed by atoms with E-state index in [0.717, 1.165) is 16.7 Å². The molecule has 1 fully saturated rings. The molecule has 2 amide bonds. The Morgan fingerprint density at radius 1 is 1.09 bits per heavy atom. The molecule has 0 saturated carbocycles. The SMILES string of the molecule is COC(=O)c1ccccc1-c1ccc(/C=C2\SC(=O)N(CCOc3ccccc3Cl)C2=O)o1. The van der Waals surface area contributed by atoms with Gasteiger partial charge in [-0.1, -0.05) is 41.9 Å². The molecule has 0 unspecified atom stereocenters. The molecule has 168 valence electrons. The first-order valence-electron chi connectivity index (χ1n) is 9.88. The molecule has 3 aromatic rings. The number of nitrogens with zero attached hydrogens (tertiary/aromatic N) is 1. The lowest BCUT2D eigenvalue weighted by molar-refractivity contribution is -0.123. The number of hydrogen-bond acceptors (Lipinski definition) is 7. The maximum Gasteiger partial charge on any atom is 0.338 e. The number of rotatable bonds is 7. The van der Waals surface area contributed by atoms with Crippen LogP contribution in [0.5, 0.6) is 5.75 Å². The summed E-state index contributed by atoms with van der Waals surface area (Å²) in [5.74, 6) is 0.387. The molecule has 0 N–H and O–H groups in total. The van der Waals surface area contributed by atoms with E-state index in [2.05, 4.69) is 0 Å². The number of amides is 2. The lowest BCUT2D eigenvalue weighted by Crippen LogP contribution is -2.32. The Morgan fingerprint density at radius 2 is 1.85 bits per heavy atom. The van der Waals surface area contributed by atoms with Gasteiger partial charge in [0.15, 0.2) is 0 Å². The molecule has 0 atom stereocenters. The zero-order valence-corrected chi connectivity index (χ0v) is 19.0. The quantitative estimate of drug-likeness (QED) is 0.324. The highest BCUT2D eigenvalue weighted by molar-refractivity contribution is 8.18. The van der Waals surface area contributed by atoms with Crippen molar-refractivity contribution in [2.75, 3.05) is 20.3 Å². The van der Waals surface area contributed by atoms with Gasteiger partial charge in [0.05, 0.1) is 29.1 Å². The third-order valence-corrected chi connectivity index (χ3v) is 6.00. The Bertz CT molecular complexity index is 1250. The Balaban J connectivity index is 1.46. The number of esters is 1. The van der Waals surface area contributed by atoms with Gasteiger partial charge in [0.25, 0.3) is 11.1 Å². The second-order valence-electron chi connectivity index (χ2n) is 6.85. The highest BCUT2D eigenvalue weighted by Crippen LogP contribution is 2.34. The molecule has 9 heteroatoms. The number of imide groups is 1. The number of carbonyl (C=O) groups is 3. The maximum atomic E-state index is 12.7. The van der Waals surface area contributed by atoms with Crippen molar-refractivity contribution in [3.8, 4) is 17.1 Å². The van der Waals surface area contributed by atoms with Gasteiger partial charge in [-0.05, 0) is 42.1 Å². The number of halogens is 1. The second-order valence-corrected chi connectivity index (χ2v) is 8.25. The van der Waals surface area contributed by atoms with E-state index in [0.29, 0.717) is 33.4 Å². The van der Waals surface area contributed by atoms with Crippen molar-refractivity contribution in [1.29, 1.82) is 0 Å². The van der Waals surface area contributed by atoms with E-state index in [-0.39, 0.29) is 18.1 Å². The molecular formula is C24H18ClNO6S. The highest BCUT2D eigenvalue weighted by atomic mass is 35.5. The number of thioether (sulfide) groups is 1. The van der Waals surface area contributed by atoms with Crippen molar-refractivity contribution in [2.45, 2.75) is 0 Å². The third-order valence-electron chi connectivity index (χ3n) is 4.78. The summed E-state index contributed by atoms with van der Waals surface area (Å²) in [7, 11) is 1.31. The molecule has 2 heterocycles. The predicted octanol–water partition coefficient (Wildman–Crippen LogP) is 5.50. The van der Waals surface area contributed by atoms with Gasteiger partial charge in [0.1, 0.15) is 23.9 Å². The van der Waals surface area contributed by atoms with Crippen LogP contribution in [0.15, 0.2) is 70.0 Å². The van der Waals surface area contributed by atoms with Gasteiger partial charge in [-0.3, -0.25) is 14.5 Å². The van der Waals surface area contributed by atoms with Gasteiger partial charge in [0.2, 0.25) is 0 Å². The normalized spacial score (nSPS) is 14.7. The Labute approximate surface area is 198 Å². The molecule has 33 heavy (non-hydrogen) atoms. The van der Waals surface area contributed by atoms with E-state index < -0.39 is 17.1 Å². The maximum absolute atomic E-state index is 12.7. The molecular weight excluding hydrogens is 466 g/mol. The summed E-state index contributed by atoms with van der Waals surface area (Å²) in [5.41, 5.74) is 0.925. The number of para-hydroxylation sites is 1. The van der Waals surface area contributed by atoms with Crippen LogP contribution < -0.4 is 4.74 Å². The zero-order chi connectivity index (χ0) is 23.4. The summed E-state index contributed by atoms with van der Waals surface area (Å²) >= 11 is 6.88. The largest absolute Gasteiger partial charge is 0.490 e. The van der Waals surface area contributed by atoms with Crippen molar-refractivity contribution >= 4 is 46.6 Å². The lowest BCUT2D eigenvalue weighted by atomic mass is 10.1. The number of carbonyl (C=O) groups excluding carboxylic acids is 3. The van der Waals surface area contributed by atoms with Crippen LogP contribution in [0.2, 0.25) is 5.02 Å². The summed E-state index contributed by atoms with van der Waals surface area (Å²) in [6.45, 7) is 0.202. The van der Waals surface area contributed by atoms with E-state index >= 15 is 0 Å². The first-order chi connectivity index (χ1) is 16.0. The van der Waals surface area contributed by atoms with Gasteiger partial charge in [-0.2, -0.15) is 0 Å². The molecule has 1 aromatic heterocycles. The Hall–Kier alpha value is -3.49. The fraction of sp³-hybridized carbons (Fsp3) is 0.125. The summed E-state index contributed by atoms with van der Waals surface area (Å²) in [4.78, 5) is 38.4. The predicted molar refractivity (Wildman–Crippen MR) is 125 cm³/mol. The van der Waals surface area contributed by atoms with E-state index in [1.54, 1.807) is 60.7 Å².